The highest BCUT2D eigenvalue weighted by molar-refractivity contribution is 5.85. The average molecular weight is 287 g/mol. The summed E-state index contributed by atoms with van der Waals surface area (Å²) in [6.45, 7) is 0.738. The highest BCUT2D eigenvalue weighted by Gasteiger charge is 2.35. The van der Waals surface area contributed by atoms with Crippen molar-refractivity contribution in [3.63, 3.8) is 0 Å². The molecular weight excluding hydrogens is 271 g/mol. The Labute approximate surface area is 114 Å². The van der Waals surface area contributed by atoms with E-state index in [0.29, 0.717) is 17.7 Å². The first-order valence-corrected chi connectivity index (χ1v) is 6.10. The van der Waals surface area contributed by atoms with Gasteiger partial charge in [-0.05, 0) is 32.1 Å². The Morgan fingerprint density at radius 1 is 1.30 bits per heavy atom. The van der Waals surface area contributed by atoms with Gasteiger partial charge in [-0.15, -0.1) is 0 Å². The van der Waals surface area contributed by atoms with E-state index in [4.69, 9.17) is 4.74 Å². The zero-order valence-electron chi connectivity index (χ0n) is 11.5. The number of nitrogens with zero attached hydrogens (tertiary/aromatic N) is 2. The number of benzene rings is 1. The van der Waals surface area contributed by atoms with Crippen molar-refractivity contribution in [3.8, 4) is 5.75 Å². The molecule has 2 aromatic rings. The highest BCUT2D eigenvalue weighted by Crippen LogP contribution is 2.33. The number of aromatic amines is 1. The molecule has 1 N–H and O–H groups in total. The average Bonchev–Trinajstić information content (AvgIpc) is 2.80. The van der Waals surface area contributed by atoms with E-state index in [9.17, 15) is 13.2 Å². The van der Waals surface area contributed by atoms with Gasteiger partial charge < -0.3 is 14.6 Å². The topological polar surface area (TPSA) is 41.1 Å². The summed E-state index contributed by atoms with van der Waals surface area (Å²) < 4.78 is 43.4. The van der Waals surface area contributed by atoms with Gasteiger partial charge in [0.05, 0.1) is 12.6 Å². The van der Waals surface area contributed by atoms with Crippen LogP contribution in [0.4, 0.5) is 13.2 Å². The van der Waals surface area contributed by atoms with Crippen molar-refractivity contribution in [1.29, 1.82) is 0 Å². The Bertz CT molecular complexity index is 605. The maximum Gasteiger partial charge on any atom is 0.449 e. The standard InChI is InChI=1S/C13H16F3N3O/c1-19(2)7-6-8-4-5-9(20-3)11-10(8)17-12(18-11)13(14,15)16/h4-5H,6-7H2,1-3H3,(H,17,18). The Balaban J connectivity index is 2.52. The smallest absolute Gasteiger partial charge is 0.449 e. The third-order valence-corrected chi connectivity index (χ3v) is 3.01. The normalized spacial score (nSPS) is 12.3. The van der Waals surface area contributed by atoms with E-state index >= 15 is 0 Å². The number of fused-ring (bicyclic) bond motifs is 1. The molecule has 0 aliphatic carbocycles. The number of H-pyrrole nitrogens is 1. The maximum absolute atomic E-state index is 12.8. The van der Waals surface area contributed by atoms with Gasteiger partial charge >= 0.3 is 6.18 Å². The molecule has 0 saturated heterocycles. The van der Waals surface area contributed by atoms with Crippen LogP contribution >= 0.6 is 0 Å². The zero-order chi connectivity index (χ0) is 14.9. The van der Waals surface area contributed by atoms with E-state index in [-0.39, 0.29) is 5.52 Å². The van der Waals surface area contributed by atoms with Crippen LogP contribution in [0.15, 0.2) is 12.1 Å². The lowest BCUT2D eigenvalue weighted by molar-refractivity contribution is -0.144. The zero-order valence-corrected chi connectivity index (χ0v) is 11.5. The molecule has 0 aliphatic heterocycles. The molecule has 0 fully saturated rings. The Morgan fingerprint density at radius 3 is 2.55 bits per heavy atom. The second-order valence-electron chi connectivity index (χ2n) is 4.79. The van der Waals surface area contributed by atoms with Gasteiger partial charge in [-0.3, -0.25) is 0 Å². The third kappa shape index (κ3) is 2.87. The van der Waals surface area contributed by atoms with Crippen molar-refractivity contribution in [3.05, 3.63) is 23.5 Å². The van der Waals surface area contributed by atoms with Gasteiger partial charge in [0.15, 0.2) is 0 Å². The molecule has 0 spiro atoms. The lowest BCUT2D eigenvalue weighted by atomic mass is 10.1. The SMILES string of the molecule is COc1ccc(CCN(C)C)c2[nH]c(C(F)(F)F)nc12. The quantitative estimate of drug-likeness (QED) is 0.940. The van der Waals surface area contributed by atoms with Crippen LogP contribution in [0.1, 0.15) is 11.4 Å². The number of methoxy groups -OCH3 is 1. The molecule has 1 heterocycles. The fourth-order valence-electron chi connectivity index (χ4n) is 1.97. The number of rotatable bonds is 4. The summed E-state index contributed by atoms with van der Waals surface area (Å²) in [4.78, 5) is 7.96. The molecule has 20 heavy (non-hydrogen) atoms. The first-order valence-electron chi connectivity index (χ1n) is 6.10. The molecule has 7 heteroatoms. The fourth-order valence-corrected chi connectivity index (χ4v) is 1.97. The molecule has 110 valence electrons. The molecule has 0 radical (unpaired) electrons. The molecule has 0 atom stereocenters. The van der Waals surface area contributed by atoms with Crippen LogP contribution in [0.5, 0.6) is 5.75 Å². The second kappa shape index (κ2) is 5.32. The monoisotopic (exact) mass is 287 g/mol. The van der Waals surface area contributed by atoms with Gasteiger partial charge in [0.25, 0.3) is 0 Å². The molecule has 0 bridgehead atoms. The van der Waals surface area contributed by atoms with Crippen molar-refractivity contribution in [2.24, 2.45) is 0 Å². The van der Waals surface area contributed by atoms with E-state index in [2.05, 4.69) is 9.97 Å². The molecule has 0 aliphatic rings. The summed E-state index contributed by atoms with van der Waals surface area (Å²) in [5.41, 5.74) is 1.40. The second-order valence-corrected chi connectivity index (χ2v) is 4.79. The Hall–Kier alpha value is -1.76. The largest absolute Gasteiger partial charge is 0.494 e. The van der Waals surface area contributed by atoms with Crippen LogP contribution < -0.4 is 4.74 Å². The van der Waals surface area contributed by atoms with E-state index in [1.807, 2.05) is 19.0 Å². The first kappa shape index (κ1) is 14.6. The molecule has 0 amide bonds. The van der Waals surface area contributed by atoms with Crippen molar-refractivity contribution in [1.82, 2.24) is 14.9 Å². The molecule has 0 saturated carbocycles. The molecule has 1 aromatic carbocycles. The fraction of sp³-hybridized carbons (Fsp3) is 0.462. The minimum Gasteiger partial charge on any atom is -0.494 e. The Kier molecular flexibility index (Phi) is 3.89. The summed E-state index contributed by atoms with van der Waals surface area (Å²) in [6.07, 6.45) is -3.87. The van der Waals surface area contributed by atoms with Crippen LogP contribution in [0, 0.1) is 0 Å². The van der Waals surface area contributed by atoms with Crippen LogP contribution in [0.3, 0.4) is 0 Å². The van der Waals surface area contributed by atoms with Crippen LogP contribution in [-0.2, 0) is 12.6 Å². The maximum atomic E-state index is 12.8. The van der Waals surface area contributed by atoms with E-state index in [1.165, 1.54) is 7.11 Å². The minimum atomic E-state index is -4.50. The summed E-state index contributed by atoms with van der Waals surface area (Å²) in [6, 6.07) is 3.41. The van der Waals surface area contributed by atoms with Gasteiger partial charge in [-0.1, -0.05) is 6.07 Å². The molecular formula is C13H16F3N3O. The number of aromatic nitrogens is 2. The highest BCUT2D eigenvalue weighted by atomic mass is 19.4. The predicted molar refractivity (Wildman–Crippen MR) is 69.9 cm³/mol. The summed E-state index contributed by atoms with van der Waals surface area (Å²) in [5, 5.41) is 0. The number of likely N-dealkylation sites (N-methyl/N-ethyl adjacent to an activating group) is 1. The molecule has 0 unspecified atom stereocenters. The lowest BCUT2D eigenvalue weighted by Crippen LogP contribution is -2.15. The number of halogens is 3. The van der Waals surface area contributed by atoms with Crippen LogP contribution in [0.2, 0.25) is 0 Å². The number of ether oxygens (including phenoxy) is 1. The van der Waals surface area contributed by atoms with Gasteiger partial charge in [0.2, 0.25) is 5.82 Å². The van der Waals surface area contributed by atoms with Crippen molar-refractivity contribution < 1.29 is 17.9 Å². The van der Waals surface area contributed by atoms with Gasteiger partial charge in [0.1, 0.15) is 11.3 Å². The van der Waals surface area contributed by atoms with E-state index in [0.717, 1.165) is 12.1 Å². The first-order chi connectivity index (χ1) is 9.32. The van der Waals surface area contributed by atoms with Crippen LogP contribution in [-0.4, -0.2) is 42.6 Å². The number of nitrogens with one attached hydrogen (secondary N) is 1. The van der Waals surface area contributed by atoms with Crippen molar-refractivity contribution in [2.45, 2.75) is 12.6 Å². The van der Waals surface area contributed by atoms with Gasteiger partial charge in [-0.25, -0.2) is 4.98 Å². The van der Waals surface area contributed by atoms with Gasteiger partial charge in [0, 0.05) is 6.54 Å². The lowest BCUT2D eigenvalue weighted by Gasteiger charge is -2.10. The summed E-state index contributed by atoms with van der Waals surface area (Å²) in [5.74, 6) is -0.663. The van der Waals surface area contributed by atoms with Crippen LogP contribution in [0.25, 0.3) is 11.0 Å². The number of imidazole rings is 1. The molecule has 1 aromatic heterocycles. The Morgan fingerprint density at radius 2 is 2.00 bits per heavy atom. The van der Waals surface area contributed by atoms with E-state index in [1.54, 1.807) is 12.1 Å². The third-order valence-electron chi connectivity index (χ3n) is 3.01. The number of hydrogen-bond donors (Lipinski definition) is 1. The van der Waals surface area contributed by atoms with E-state index < -0.39 is 12.0 Å². The van der Waals surface area contributed by atoms with Crippen molar-refractivity contribution in [2.75, 3.05) is 27.7 Å². The van der Waals surface area contributed by atoms with Gasteiger partial charge in [-0.2, -0.15) is 13.2 Å². The summed E-state index contributed by atoms with van der Waals surface area (Å²) in [7, 11) is 5.24. The molecule has 4 nitrogen and oxygen atoms in total. The predicted octanol–water partition coefficient (Wildman–Crippen LogP) is 2.69. The summed E-state index contributed by atoms with van der Waals surface area (Å²) >= 11 is 0. The van der Waals surface area contributed by atoms with Crippen molar-refractivity contribution >= 4 is 11.0 Å². The number of hydrogen-bond acceptors (Lipinski definition) is 3. The minimum absolute atomic E-state index is 0.219. The molecule has 2 rings (SSSR count). The number of alkyl halides is 3.